The summed E-state index contributed by atoms with van der Waals surface area (Å²) in [6.45, 7) is 1.50. The molecule has 3 aromatic rings. The van der Waals surface area contributed by atoms with Crippen molar-refractivity contribution in [2.24, 2.45) is 7.05 Å². The molecule has 1 fully saturated rings. The zero-order chi connectivity index (χ0) is 17.2. The van der Waals surface area contributed by atoms with Gasteiger partial charge >= 0.3 is 0 Å². The Bertz CT molecular complexity index is 854. The van der Waals surface area contributed by atoms with Gasteiger partial charge in [0.2, 0.25) is 0 Å². The average molecular weight is 337 g/mol. The molecule has 7 heteroatoms. The lowest BCUT2D eigenvalue weighted by Gasteiger charge is -2.34. The minimum atomic E-state index is -0.224. The van der Waals surface area contributed by atoms with Crippen molar-refractivity contribution in [1.29, 1.82) is 0 Å². The zero-order valence-corrected chi connectivity index (χ0v) is 13.9. The number of carbonyl (C=O) groups is 1. The van der Waals surface area contributed by atoms with E-state index in [1.165, 1.54) is 6.33 Å². The first kappa shape index (κ1) is 15.6. The van der Waals surface area contributed by atoms with Gasteiger partial charge in [0.25, 0.3) is 5.91 Å². The van der Waals surface area contributed by atoms with Gasteiger partial charge in [-0.1, -0.05) is 0 Å². The number of amides is 1. The Balaban J connectivity index is 1.59. The number of aryl methyl sites for hydroxylation is 1. The number of aromatic nitrogens is 4. The molecule has 1 aromatic carbocycles. The summed E-state index contributed by atoms with van der Waals surface area (Å²) in [4.78, 5) is 19.1. The minimum absolute atomic E-state index is 0.0182. The fourth-order valence-corrected chi connectivity index (χ4v) is 3.12. The molecule has 1 atom stereocenters. The number of ether oxygens (including phenoxy) is 1. The van der Waals surface area contributed by atoms with Gasteiger partial charge in [0, 0.05) is 37.2 Å². The minimum Gasteiger partial charge on any atom is -0.377 e. The third-order valence-corrected chi connectivity index (χ3v) is 4.45. The zero-order valence-electron chi connectivity index (χ0n) is 13.9. The Morgan fingerprint density at radius 3 is 2.64 bits per heavy atom. The lowest BCUT2D eigenvalue weighted by Crippen LogP contribution is -2.44. The highest BCUT2D eigenvalue weighted by atomic mass is 16.5. The molecule has 2 aromatic heterocycles. The van der Waals surface area contributed by atoms with Gasteiger partial charge in [-0.2, -0.15) is 5.10 Å². The summed E-state index contributed by atoms with van der Waals surface area (Å²) in [6, 6.07) is 11.3. The van der Waals surface area contributed by atoms with Crippen molar-refractivity contribution in [3.05, 3.63) is 66.5 Å². The molecule has 0 aliphatic carbocycles. The lowest BCUT2D eigenvalue weighted by molar-refractivity contribution is -0.00618. The maximum atomic E-state index is 13.0. The van der Waals surface area contributed by atoms with Crippen LogP contribution in [0, 0.1) is 0 Å². The van der Waals surface area contributed by atoms with Gasteiger partial charge in [-0.3, -0.25) is 9.48 Å². The van der Waals surface area contributed by atoms with Crippen LogP contribution in [0.4, 0.5) is 0 Å². The van der Waals surface area contributed by atoms with E-state index in [9.17, 15) is 4.79 Å². The molecular formula is C18H19N5O2. The molecule has 0 bridgehead atoms. The standard InChI is InChI=1S/C18H19N5O2/c1-21-17(19-13-20-21)16-12-25-11-10-23(16)18(24)14-4-6-15(7-5-14)22-8-2-3-9-22/h2-9,13,16H,10-12H2,1H3. The molecule has 1 aliphatic rings. The van der Waals surface area contributed by atoms with E-state index in [0.717, 1.165) is 11.5 Å². The second kappa shape index (κ2) is 6.52. The second-order valence-electron chi connectivity index (χ2n) is 5.97. The Morgan fingerprint density at radius 1 is 1.20 bits per heavy atom. The fourth-order valence-electron chi connectivity index (χ4n) is 3.12. The highest BCUT2D eigenvalue weighted by Crippen LogP contribution is 2.24. The number of hydrogen-bond acceptors (Lipinski definition) is 4. The molecule has 0 radical (unpaired) electrons. The first-order valence-electron chi connectivity index (χ1n) is 8.20. The van der Waals surface area contributed by atoms with Gasteiger partial charge in [0.1, 0.15) is 12.4 Å². The van der Waals surface area contributed by atoms with E-state index in [1.54, 1.807) is 4.68 Å². The van der Waals surface area contributed by atoms with Crippen LogP contribution in [0.15, 0.2) is 55.1 Å². The third-order valence-electron chi connectivity index (χ3n) is 4.45. The molecule has 4 rings (SSSR count). The van der Waals surface area contributed by atoms with Crippen LogP contribution in [-0.4, -0.2) is 49.9 Å². The van der Waals surface area contributed by atoms with Crippen LogP contribution in [0.25, 0.3) is 5.69 Å². The molecule has 1 amide bonds. The van der Waals surface area contributed by atoms with Gasteiger partial charge in [-0.05, 0) is 36.4 Å². The largest absolute Gasteiger partial charge is 0.377 e. The Labute approximate surface area is 145 Å². The molecule has 3 heterocycles. The van der Waals surface area contributed by atoms with E-state index in [-0.39, 0.29) is 11.9 Å². The monoisotopic (exact) mass is 337 g/mol. The smallest absolute Gasteiger partial charge is 0.254 e. The van der Waals surface area contributed by atoms with Gasteiger partial charge in [0.05, 0.1) is 13.2 Å². The van der Waals surface area contributed by atoms with Crippen molar-refractivity contribution in [2.45, 2.75) is 6.04 Å². The van der Waals surface area contributed by atoms with Gasteiger partial charge < -0.3 is 14.2 Å². The fraction of sp³-hybridized carbons (Fsp3) is 0.278. The van der Waals surface area contributed by atoms with Crippen LogP contribution < -0.4 is 0 Å². The molecule has 25 heavy (non-hydrogen) atoms. The van der Waals surface area contributed by atoms with E-state index in [1.807, 2.05) is 65.3 Å². The summed E-state index contributed by atoms with van der Waals surface area (Å²) < 4.78 is 9.26. The predicted octanol–water partition coefficient (Wildman–Crippen LogP) is 1.82. The second-order valence-corrected chi connectivity index (χ2v) is 5.97. The number of nitrogens with zero attached hydrogens (tertiary/aromatic N) is 5. The van der Waals surface area contributed by atoms with Gasteiger partial charge in [0.15, 0.2) is 5.82 Å². The Hall–Kier alpha value is -2.93. The summed E-state index contributed by atoms with van der Waals surface area (Å²) in [5, 5.41) is 4.11. The maximum Gasteiger partial charge on any atom is 0.254 e. The summed E-state index contributed by atoms with van der Waals surface area (Å²) >= 11 is 0. The van der Waals surface area contributed by atoms with E-state index in [4.69, 9.17) is 4.74 Å². The highest BCUT2D eigenvalue weighted by Gasteiger charge is 2.32. The molecule has 1 unspecified atom stereocenters. The normalized spacial score (nSPS) is 17.6. The van der Waals surface area contributed by atoms with Gasteiger partial charge in [-0.25, -0.2) is 4.98 Å². The van der Waals surface area contributed by atoms with Crippen molar-refractivity contribution in [2.75, 3.05) is 19.8 Å². The first-order valence-corrected chi connectivity index (χ1v) is 8.20. The van der Waals surface area contributed by atoms with Crippen molar-refractivity contribution in [1.82, 2.24) is 24.2 Å². The Kier molecular flexibility index (Phi) is 4.07. The van der Waals surface area contributed by atoms with Crippen LogP contribution in [0.3, 0.4) is 0 Å². The SMILES string of the molecule is Cn1ncnc1C1COCCN1C(=O)c1ccc(-n2cccc2)cc1. The highest BCUT2D eigenvalue weighted by molar-refractivity contribution is 5.94. The van der Waals surface area contributed by atoms with Crippen molar-refractivity contribution in [3.8, 4) is 5.69 Å². The van der Waals surface area contributed by atoms with E-state index in [0.29, 0.717) is 25.3 Å². The van der Waals surface area contributed by atoms with Crippen molar-refractivity contribution >= 4 is 5.91 Å². The van der Waals surface area contributed by atoms with Crippen LogP contribution in [-0.2, 0) is 11.8 Å². The number of rotatable bonds is 3. The molecule has 0 saturated carbocycles. The van der Waals surface area contributed by atoms with Crippen LogP contribution in [0.5, 0.6) is 0 Å². The van der Waals surface area contributed by atoms with E-state index < -0.39 is 0 Å². The van der Waals surface area contributed by atoms with Crippen LogP contribution in [0.1, 0.15) is 22.2 Å². The molecule has 1 aliphatic heterocycles. The summed E-state index contributed by atoms with van der Waals surface area (Å²) in [5.74, 6) is 0.715. The van der Waals surface area contributed by atoms with E-state index >= 15 is 0 Å². The molecule has 7 nitrogen and oxygen atoms in total. The first-order chi connectivity index (χ1) is 12.2. The third kappa shape index (κ3) is 2.94. The molecular weight excluding hydrogens is 318 g/mol. The quantitative estimate of drug-likeness (QED) is 0.731. The van der Waals surface area contributed by atoms with Crippen molar-refractivity contribution in [3.63, 3.8) is 0 Å². The maximum absolute atomic E-state index is 13.0. The summed E-state index contributed by atoms with van der Waals surface area (Å²) in [5.41, 5.74) is 1.68. The average Bonchev–Trinajstić information content (AvgIpc) is 3.33. The number of carbonyl (C=O) groups excluding carboxylic acids is 1. The summed E-state index contributed by atoms with van der Waals surface area (Å²) in [7, 11) is 1.82. The topological polar surface area (TPSA) is 65.2 Å². The van der Waals surface area contributed by atoms with E-state index in [2.05, 4.69) is 10.1 Å². The molecule has 0 N–H and O–H groups in total. The van der Waals surface area contributed by atoms with Crippen molar-refractivity contribution < 1.29 is 9.53 Å². The lowest BCUT2D eigenvalue weighted by atomic mass is 10.1. The summed E-state index contributed by atoms with van der Waals surface area (Å²) in [6.07, 6.45) is 5.45. The van der Waals surface area contributed by atoms with Gasteiger partial charge in [-0.15, -0.1) is 0 Å². The molecule has 128 valence electrons. The molecule has 1 saturated heterocycles. The van der Waals surface area contributed by atoms with Crippen LogP contribution in [0.2, 0.25) is 0 Å². The molecule has 0 spiro atoms. The Morgan fingerprint density at radius 2 is 1.96 bits per heavy atom. The number of morpholine rings is 1. The number of benzene rings is 1. The number of hydrogen-bond donors (Lipinski definition) is 0. The predicted molar refractivity (Wildman–Crippen MR) is 91.4 cm³/mol. The van der Waals surface area contributed by atoms with Crippen LogP contribution >= 0.6 is 0 Å².